The molecule has 0 aliphatic carbocycles. The van der Waals surface area contributed by atoms with Gasteiger partial charge in [-0.05, 0) is 30.7 Å². The normalized spacial score (nSPS) is 14.0. The quantitative estimate of drug-likeness (QED) is 0.595. The highest BCUT2D eigenvalue weighted by Gasteiger charge is 2.22. The third-order valence-corrected chi connectivity index (χ3v) is 6.06. The Morgan fingerprint density at radius 1 is 1.40 bits per heavy atom. The number of fused-ring (bicyclic) bond motifs is 1. The minimum atomic E-state index is -0.336. The fraction of sp³-hybridized carbons (Fsp3) is 0.353. The molecule has 25 heavy (non-hydrogen) atoms. The number of nitrogens with zero attached hydrogens (tertiary/aromatic N) is 1. The zero-order valence-electron chi connectivity index (χ0n) is 14.0. The number of nitrogens with one attached hydrogen (secondary N) is 2. The van der Waals surface area contributed by atoms with Gasteiger partial charge in [0.2, 0.25) is 5.91 Å². The van der Waals surface area contributed by atoms with E-state index in [-0.39, 0.29) is 16.7 Å². The van der Waals surface area contributed by atoms with E-state index in [1.807, 2.05) is 6.92 Å². The Morgan fingerprint density at radius 3 is 2.84 bits per heavy atom. The summed E-state index contributed by atoms with van der Waals surface area (Å²) in [6.07, 6.45) is 0.627. The van der Waals surface area contributed by atoms with Crippen molar-refractivity contribution in [1.29, 1.82) is 0 Å². The zero-order chi connectivity index (χ0) is 17.8. The van der Waals surface area contributed by atoms with Gasteiger partial charge in [0.25, 0.3) is 5.56 Å². The van der Waals surface area contributed by atoms with E-state index < -0.39 is 0 Å². The SMILES string of the molecule is CCC(Sc1nc2c(c(=O)[nH]1)CSC2)C(=O)Nc1ccc(OC)cc1. The van der Waals surface area contributed by atoms with Crippen molar-refractivity contribution >= 4 is 35.1 Å². The first kappa shape index (κ1) is 17.9. The Balaban J connectivity index is 1.70. The molecule has 0 saturated carbocycles. The van der Waals surface area contributed by atoms with Gasteiger partial charge in [-0.25, -0.2) is 4.98 Å². The molecule has 1 atom stereocenters. The first-order chi connectivity index (χ1) is 12.1. The molecule has 0 fully saturated rings. The number of ether oxygens (including phenoxy) is 1. The van der Waals surface area contributed by atoms with Crippen LogP contribution in [0.2, 0.25) is 0 Å². The van der Waals surface area contributed by atoms with Gasteiger partial charge in [-0.2, -0.15) is 11.8 Å². The minimum absolute atomic E-state index is 0.0945. The molecule has 3 rings (SSSR count). The largest absolute Gasteiger partial charge is 0.497 e. The van der Waals surface area contributed by atoms with Crippen LogP contribution in [0.25, 0.3) is 0 Å². The van der Waals surface area contributed by atoms with Crippen molar-refractivity contribution in [2.24, 2.45) is 0 Å². The average molecular weight is 377 g/mol. The third kappa shape index (κ3) is 4.19. The van der Waals surface area contributed by atoms with Crippen LogP contribution in [0.5, 0.6) is 5.75 Å². The summed E-state index contributed by atoms with van der Waals surface area (Å²) in [4.78, 5) is 31.9. The summed E-state index contributed by atoms with van der Waals surface area (Å²) in [7, 11) is 1.60. The molecule has 1 aliphatic rings. The van der Waals surface area contributed by atoms with Crippen LogP contribution in [0.15, 0.2) is 34.2 Å². The van der Waals surface area contributed by atoms with Crippen LogP contribution in [-0.2, 0) is 16.3 Å². The molecule has 132 valence electrons. The van der Waals surface area contributed by atoms with E-state index in [0.717, 1.165) is 22.8 Å². The van der Waals surface area contributed by atoms with Gasteiger partial charge in [-0.15, -0.1) is 0 Å². The molecule has 1 aromatic heterocycles. The second-order valence-electron chi connectivity index (χ2n) is 5.52. The summed E-state index contributed by atoms with van der Waals surface area (Å²) in [6, 6.07) is 7.17. The van der Waals surface area contributed by atoms with Crippen LogP contribution >= 0.6 is 23.5 Å². The Labute approximate surface area is 154 Å². The topological polar surface area (TPSA) is 84.1 Å². The molecule has 1 unspecified atom stereocenters. The van der Waals surface area contributed by atoms with Crippen LogP contribution in [0.3, 0.4) is 0 Å². The standard InChI is InChI=1S/C17H19N3O3S2/c1-3-14(16(22)18-10-4-6-11(23-2)7-5-10)25-17-19-13-9-24-8-12(13)15(21)20-17/h4-7,14H,3,8-9H2,1-2H3,(H,18,22)(H,19,20,21). The molecule has 2 aromatic rings. The third-order valence-electron chi connectivity index (χ3n) is 3.84. The lowest BCUT2D eigenvalue weighted by Gasteiger charge is -2.14. The summed E-state index contributed by atoms with van der Waals surface area (Å²) in [5, 5.41) is 3.06. The van der Waals surface area contributed by atoms with Gasteiger partial charge < -0.3 is 15.0 Å². The van der Waals surface area contributed by atoms with Crippen LogP contribution in [0.4, 0.5) is 5.69 Å². The second-order valence-corrected chi connectivity index (χ2v) is 7.70. The molecule has 2 heterocycles. The molecule has 0 saturated heterocycles. The molecule has 0 spiro atoms. The van der Waals surface area contributed by atoms with Gasteiger partial charge in [0.15, 0.2) is 5.16 Å². The molecule has 6 nitrogen and oxygen atoms in total. The number of thioether (sulfide) groups is 2. The molecule has 1 aliphatic heterocycles. The number of hydrogen-bond acceptors (Lipinski definition) is 6. The Morgan fingerprint density at radius 2 is 2.16 bits per heavy atom. The van der Waals surface area contributed by atoms with Crippen LogP contribution in [0.1, 0.15) is 24.6 Å². The van der Waals surface area contributed by atoms with Crippen molar-refractivity contribution in [2.45, 2.75) is 35.3 Å². The summed E-state index contributed by atoms with van der Waals surface area (Å²) >= 11 is 2.97. The molecule has 0 radical (unpaired) electrons. The molecular weight excluding hydrogens is 358 g/mol. The Hall–Kier alpha value is -1.93. The first-order valence-corrected chi connectivity index (χ1v) is 9.95. The Bertz CT molecular complexity index is 821. The minimum Gasteiger partial charge on any atom is -0.497 e. The van der Waals surface area contributed by atoms with Gasteiger partial charge in [0.1, 0.15) is 5.75 Å². The predicted molar refractivity (Wildman–Crippen MR) is 101 cm³/mol. The van der Waals surface area contributed by atoms with E-state index >= 15 is 0 Å². The van der Waals surface area contributed by atoms with Crippen molar-refractivity contribution in [2.75, 3.05) is 12.4 Å². The number of aromatic nitrogens is 2. The number of aromatic amines is 1. The highest BCUT2D eigenvalue weighted by Crippen LogP contribution is 2.29. The number of rotatable bonds is 6. The molecule has 0 bridgehead atoms. The molecular formula is C17H19N3O3S2. The number of benzene rings is 1. The lowest BCUT2D eigenvalue weighted by molar-refractivity contribution is -0.115. The van der Waals surface area contributed by atoms with Crippen molar-refractivity contribution < 1.29 is 9.53 Å². The number of carbonyl (C=O) groups excluding carboxylic acids is 1. The maximum absolute atomic E-state index is 12.5. The fourth-order valence-electron chi connectivity index (χ4n) is 2.45. The van der Waals surface area contributed by atoms with Gasteiger partial charge in [-0.1, -0.05) is 18.7 Å². The van der Waals surface area contributed by atoms with Crippen LogP contribution in [0, 0.1) is 0 Å². The van der Waals surface area contributed by atoms with Crippen molar-refractivity contribution in [3.05, 3.63) is 45.9 Å². The van der Waals surface area contributed by atoms with Crippen molar-refractivity contribution in [3.8, 4) is 5.75 Å². The number of methoxy groups -OCH3 is 1. The van der Waals surface area contributed by atoms with Gasteiger partial charge in [-0.3, -0.25) is 9.59 Å². The number of H-pyrrole nitrogens is 1. The van der Waals surface area contributed by atoms with E-state index in [4.69, 9.17) is 4.74 Å². The summed E-state index contributed by atoms with van der Waals surface area (Å²) < 4.78 is 5.11. The number of carbonyl (C=O) groups is 1. The van der Waals surface area contributed by atoms with E-state index in [9.17, 15) is 9.59 Å². The number of anilines is 1. The fourth-order valence-corrected chi connectivity index (χ4v) is 4.40. The van der Waals surface area contributed by atoms with E-state index in [2.05, 4.69) is 15.3 Å². The smallest absolute Gasteiger partial charge is 0.255 e. The van der Waals surface area contributed by atoms with E-state index in [1.54, 1.807) is 43.1 Å². The predicted octanol–water partition coefficient (Wildman–Crippen LogP) is 3.03. The maximum atomic E-state index is 12.5. The molecule has 8 heteroatoms. The van der Waals surface area contributed by atoms with E-state index in [1.165, 1.54) is 11.8 Å². The van der Waals surface area contributed by atoms with Crippen molar-refractivity contribution in [3.63, 3.8) is 0 Å². The van der Waals surface area contributed by atoms with Gasteiger partial charge in [0.05, 0.1) is 18.1 Å². The summed E-state index contributed by atoms with van der Waals surface area (Å²) in [5.74, 6) is 2.08. The van der Waals surface area contributed by atoms with Gasteiger partial charge in [0, 0.05) is 22.8 Å². The van der Waals surface area contributed by atoms with Crippen LogP contribution in [-0.4, -0.2) is 28.2 Å². The lowest BCUT2D eigenvalue weighted by Crippen LogP contribution is -2.25. The monoisotopic (exact) mass is 377 g/mol. The first-order valence-electron chi connectivity index (χ1n) is 7.92. The Kier molecular flexibility index (Phi) is 5.70. The maximum Gasteiger partial charge on any atom is 0.255 e. The number of hydrogen-bond donors (Lipinski definition) is 2. The van der Waals surface area contributed by atoms with E-state index in [0.29, 0.717) is 23.0 Å². The second kappa shape index (κ2) is 7.97. The molecule has 1 aromatic carbocycles. The summed E-state index contributed by atoms with van der Waals surface area (Å²) in [5.41, 5.74) is 2.20. The average Bonchev–Trinajstić information content (AvgIpc) is 3.09. The zero-order valence-corrected chi connectivity index (χ0v) is 15.6. The molecule has 2 N–H and O–H groups in total. The van der Waals surface area contributed by atoms with Crippen molar-refractivity contribution in [1.82, 2.24) is 9.97 Å². The lowest BCUT2D eigenvalue weighted by atomic mass is 10.2. The van der Waals surface area contributed by atoms with Gasteiger partial charge >= 0.3 is 0 Å². The highest BCUT2D eigenvalue weighted by molar-refractivity contribution is 8.00. The summed E-state index contributed by atoms with van der Waals surface area (Å²) in [6.45, 7) is 1.94. The highest BCUT2D eigenvalue weighted by atomic mass is 32.2. The van der Waals surface area contributed by atoms with Crippen LogP contribution < -0.4 is 15.6 Å². The molecule has 1 amide bonds. The number of amides is 1.